The van der Waals surface area contributed by atoms with Crippen molar-refractivity contribution in [1.29, 1.82) is 0 Å². The van der Waals surface area contributed by atoms with Crippen LogP contribution in [0.4, 0.5) is 22.0 Å². The first-order valence-electron chi connectivity index (χ1n) is 7.92. The summed E-state index contributed by atoms with van der Waals surface area (Å²) in [5.74, 6) is -0.698. The molecule has 0 radical (unpaired) electrons. The Bertz CT molecular complexity index is 566. The van der Waals surface area contributed by atoms with Gasteiger partial charge in [0, 0.05) is 18.7 Å². The third-order valence-corrected chi connectivity index (χ3v) is 3.22. The van der Waals surface area contributed by atoms with Crippen molar-refractivity contribution >= 4 is 29.9 Å². The van der Waals surface area contributed by atoms with E-state index in [2.05, 4.69) is 15.6 Å². The molecule has 0 unspecified atom stereocenters. The largest absolute Gasteiger partial charge is 0.401 e. The Kier molecular flexibility index (Phi) is 11.7. The molecule has 1 aromatic rings. The van der Waals surface area contributed by atoms with E-state index in [0.29, 0.717) is 25.5 Å². The maximum absolute atomic E-state index is 13.6. The maximum Gasteiger partial charge on any atom is 0.401 e. The van der Waals surface area contributed by atoms with E-state index in [9.17, 15) is 22.0 Å². The molecule has 0 bridgehead atoms. The molecule has 0 spiro atoms. The Labute approximate surface area is 167 Å². The lowest BCUT2D eigenvalue weighted by Crippen LogP contribution is -2.39. The molecule has 0 aliphatic rings. The minimum absolute atomic E-state index is 0. The van der Waals surface area contributed by atoms with Crippen LogP contribution in [0.25, 0.3) is 0 Å². The van der Waals surface area contributed by atoms with Crippen LogP contribution in [-0.4, -0.2) is 50.3 Å². The smallest absolute Gasteiger partial charge is 0.357 e. The Morgan fingerprint density at radius 2 is 1.88 bits per heavy atom. The van der Waals surface area contributed by atoms with Gasteiger partial charge in [0.15, 0.2) is 5.96 Å². The number of aliphatic imine (C=N–C) groups is 1. The van der Waals surface area contributed by atoms with E-state index in [-0.39, 0.29) is 42.6 Å². The first-order valence-corrected chi connectivity index (χ1v) is 7.92. The fraction of sp³-hybridized carbons (Fsp3) is 0.562. The van der Waals surface area contributed by atoms with Gasteiger partial charge in [0.1, 0.15) is 11.6 Å². The first-order chi connectivity index (χ1) is 11.7. The molecule has 0 aromatic heterocycles. The topological polar surface area (TPSA) is 39.7 Å². The molecule has 150 valence electrons. The highest BCUT2D eigenvalue weighted by molar-refractivity contribution is 14.0. The van der Waals surface area contributed by atoms with Crippen LogP contribution in [0.5, 0.6) is 0 Å². The Hall–Kier alpha value is -1.17. The monoisotopic (exact) mass is 494 g/mol. The lowest BCUT2D eigenvalue weighted by atomic mass is 10.2. The molecule has 0 aliphatic heterocycles. The Morgan fingerprint density at radius 1 is 1.19 bits per heavy atom. The lowest BCUT2D eigenvalue weighted by Gasteiger charge is -2.19. The van der Waals surface area contributed by atoms with E-state index < -0.39 is 24.4 Å². The number of alkyl halides is 3. The first kappa shape index (κ1) is 24.8. The number of hydrogen-bond donors (Lipinski definition) is 2. The predicted molar refractivity (Wildman–Crippen MR) is 103 cm³/mol. The lowest BCUT2D eigenvalue weighted by molar-refractivity contribution is -0.143. The normalized spacial score (nSPS) is 12.1. The highest BCUT2D eigenvalue weighted by Crippen LogP contribution is 2.15. The van der Waals surface area contributed by atoms with Gasteiger partial charge in [0.2, 0.25) is 0 Å². The van der Waals surface area contributed by atoms with Crippen molar-refractivity contribution in [2.45, 2.75) is 26.1 Å². The molecule has 4 nitrogen and oxygen atoms in total. The van der Waals surface area contributed by atoms with Crippen molar-refractivity contribution in [2.24, 2.45) is 4.99 Å². The van der Waals surface area contributed by atoms with Crippen LogP contribution in [0, 0.1) is 11.6 Å². The van der Waals surface area contributed by atoms with Crippen molar-refractivity contribution in [2.75, 3.05) is 33.2 Å². The zero-order chi connectivity index (χ0) is 18.9. The molecule has 1 aromatic carbocycles. The van der Waals surface area contributed by atoms with Crippen LogP contribution in [0.3, 0.4) is 0 Å². The standard InChI is InChI=1S/C16H23F5N4.HI/c1-3-22-15(23-7-4-8-25(2)11-16(19,20)21)24-10-12-9-13(17)5-6-14(12)18;/h5-6,9H,3-4,7-8,10-11H2,1-2H3,(H2,22,23,24);1H. The number of guanidine groups is 1. The second-order valence-electron chi connectivity index (χ2n) is 5.56. The maximum atomic E-state index is 13.6. The fourth-order valence-corrected chi connectivity index (χ4v) is 2.11. The van der Waals surface area contributed by atoms with Crippen LogP contribution >= 0.6 is 24.0 Å². The molecule has 0 saturated carbocycles. The quantitative estimate of drug-likeness (QED) is 0.191. The molecule has 0 saturated heterocycles. The van der Waals surface area contributed by atoms with E-state index in [0.717, 1.165) is 18.2 Å². The van der Waals surface area contributed by atoms with Crippen LogP contribution in [0.15, 0.2) is 23.2 Å². The summed E-state index contributed by atoms with van der Waals surface area (Å²) in [5, 5.41) is 5.90. The molecule has 0 aliphatic carbocycles. The number of halogens is 6. The summed E-state index contributed by atoms with van der Waals surface area (Å²) in [5.41, 5.74) is 0.127. The molecule has 0 atom stereocenters. The van der Waals surface area contributed by atoms with E-state index in [1.807, 2.05) is 6.92 Å². The third kappa shape index (κ3) is 10.7. The third-order valence-electron chi connectivity index (χ3n) is 3.22. The van der Waals surface area contributed by atoms with Gasteiger partial charge >= 0.3 is 6.18 Å². The van der Waals surface area contributed by atoms with E-state index in [1.165, 1.54) is 11.9 Å². The van der Waals surface area contributed by atoms with Gasteiger partial charge in [0.05, 0.1) is 13.1 Å². The van der Waals surface area contributed by atoms with E-state index in [1.54, 1.807) is 0 Å². The number of benzene rings is 1. The van der Waals surface area contributed by atoms with Crippen molar-refractivity contribution in [1.82, 2.24) is 15.5 Å². The zero-order valence-corrected chi connectivity index (χ0v) is 17.0. The number of nitrogens with one attached hydrogen (secondary N) is 2. The summed E-state index contributed by atoms with van der Waals surface area (Å²) in [4.78, 5) is 5.34. The summed E-state index contributed by atoms with van der Waals surface area (Å²) < 4.78 is 63.4. The van der Waals surface area contributed by atoms with Gasteiger partial charge in [-0.2, -0.15) is 13.2 Å². The molecular formula is C16H24F5IN4. The predicted octanol–water partition coefficient (Wildman–Crippen LogP) is 3.52. The summed E-state index contributed by atoms with van der Waals surface area (Å²) >= 11 is 0. The van der Waals surface area contributed by atoms with Crippen molar-refractivity contribution in [3.05, 3.63) is 35.4 Å². The molecular weight excluding hydrogens is 470 g/mol. The second kappa shape index (κ2) is 12.3. The van der Waals surface area contributed by atoms with Gasteiger partial charge in [-0.25, -0.2) is 13.8 Å². The molecule has 1 rings (SSSR count). The molecule has 0 heterocycles. The summed E-state index contributed by atoms with van der Waals surface area (Å²) in [6.45, 7) is 2.07. The van der Waals surface area contributed by atoms with Crippen molar-refractivity contribution < 1.29 is 22.0 Å². The number of nitrogens with zero attached hydrogens (tertiary/aromatic N) is 2. The van der Waals surface area contributed by atoms with Crippen LogP contribution in [0.1, 0.15) is 18.9 Å². The SMILES string of the molecule is CCNC(=NCc1cc(F)ccc1F)NCCCN(C)CC(F)(F)F.I. The molecule has 0 fully saturated rings. The zero-order valence-electron chi connectivity index (χ0n) is 14.7. The van der Waals surface area contributed by atoms with E-state index in [4.69, 9.17) is 0 Å². The highest BCUT2D eigenvalue weighted by atomic mass is 127. The Balaban J connectivity index is 0.00000625. The van der Waals surface area contributed by atoms with Gasteiger partial charge in [-0.15, -0.1) is 24.0 Å². The van der Waals surface area contributed by atoms with E-state index >= 15 is 0 Å². The summed E-state index contributed by atoms with van der Waals surface area (Å²) in [6.07, 6.45) is -3.74. The van der Waals surface area contributed by atoms with Gasteiger partial charge < -0.3 is 10.6 Å². The van der Waals surface area contributed by atoms with Crippen molar-refractivity contribution in [3.8, 4) is 0 Å². The molecule has 0 amide bonds. The summed E-state index contributed by atoms with van der Waals surface area (Å²) in [6, 6.07) is 3.15. The van der Waals surface area contributed by atoms with Gasteiger partial charge in [-0.3, -0.25) is 4.90 Å². The minimum atomic E-state index is -4.21. The van der Waals surface area contributed by atoms with Gasteiger partial charge in [-0.1, -0.05) is 0 Å². The Morgan fingerprint density at radius 3 is 2.50 bits per heavy atom. The van der Waals surface area contributed by atoms with Crippen LogP contribution in [-0.2, 0) is 6.54 Å². The van der Waals surface area contributed by atoms with Crippen molar-refractivity contribution in [3.63, 3.8) is 0 Å². The van der Waals surface area contributed by atoms with Gasteiger partial charge in [-0.05, 0) is 45.1 Å². The number of hydrogen-bond acceptors (Lipinski definition) is 2. The number of rotatable bonds is 8. The molecule has 26 heavy (non-hydrogen) atoms. The average Bonchev–Trinajstić information content (AvgIpc) is 2.50. The fourth-order valence-electron chi connectivity index (χ4n) is 2.11. The van der Waals surface area contributed by atoms with Crippen LogP contribution in [0.2, 0.25) is 0 Å². The average molecular weight is 494 g/mol. The molecule has 2 N–H and O–H groups in total. The minimum Gasteiger partial charge on any atom is -0.357 e. The van der Waals surface area contributed by atoms with Gasteiger partial charge in [0.25, 0.3) is 0 Å². The summed E-state index contributed by atoms with van der Waals surface area (Å²) in [7, 11) is 1.40. The molecule has 10 heteroatoms. The second-order valence-corrected chi connectivity index (χ2v) is 5.56. The van der Waals surface area contributed by atoms with Crippen LogP contribution < -0.4 is 10.6 Å². The highest BCUT2D eigenvalue weighted by Gasteiger charge is 2.28.